The molecule has 2 nitrogen and oxygen atoms in total. The largest absolute Gasteiger partial charge is 0.380 e. The highest BCUT2D eigenvalue weighted by Crippen LogP contribution is 2.43. The molecule has 1 saturated carbocycles. The minimum absolute atomic E-state index is 0.0175. The van der Waals surface area contributed by atoms with Gasteiger partial charge in [0.2, 0.25) is 0 Å². The molecule has 1 aromatic carbocycles. The molecular formula is C14H16BrF2NO. The van der Waals surface area contributed by atoms with E-state index in [2.05, 4.69) is 21.2 Å². The van der Waals surface area contributed by atoms with Crippen molar-refractivity contribution in [3.05, 3.63) is 28.2 Å². The van der Waals surface area contributed by atoms with Crippen LogP contribution in [0.15, 0.2) is 16.6 Å². The standard InChI is InChI=1S/C14H16BrF2NO/c15-10-6-13(12(17)7-11(10)16)18-9-2-5-19-14(8-9)3-1-4-14/h6-7,9,18H,1-5,8H2. The molecule has 0 radical (unpaired) electrons. The van der Waals surface area contributed by atoms with Gasteiger partial charge in [0.1, 0.15) is 11.6 Å². The fourth-order valence-corrected chi connectivity index (χ4v) is 3.27. The molecule has 2 aliphatic rings. The first-order valence-electron chi connectivity index (χ1n) is 6.63. The molecule has 19 heavy (non-hydrogen) atoms. The second-order valence-corrected chi connectivity index (χ2v) is 6.32. The van der Waals surface area contributed by atoms with Crippen molar-refractivity contribution in [1.82, 2.24) is 0 Å². The molecule has 1 aliphatic heterocycles. The number of halogens is 3. The summed E-state index contributed by atoms with van der Waals surface area (Å²) in [6.45, 7) is 0.710. The molecule has 1 spiro atoms. The highest BCUT2D eigenvalue weighted by molar-refractivity contribution is 9.10. The molecule has 1 heterocycles. The Kier molecular flexibility index (Phi) is 3.52. The van der Waals surface area contributed by atoms with Gasteiger partial charge in [-0.1, -0.05) is 0 Å². The van der Waals surface area contributed by atoms with Gasteiger partial charge in [-0.25, -0.2) is 8.78 Å². The highest BCUT2D eigenvalue weighted by Gasteiger charge is 2.42. The molecule has 1 atom stereocenters. The second-order valence-electron chi connectivity index (χ2n) is 5.47. The Morgan fingerprint density at radius 3 is 2.74 bits per heavy atom. The van der Waals surface area contributed by atoms with Crippen LogP contribution in [0.4, 0.5) is 14.5 Å². The van der Waals surface area contributed by atoms with Crippen LogP contribution in [0.1, 0.15) is 32.1 Å². The summed E-state index contributed by atoms with van der Waals surface area (Å²) in [5.41, 5.74) is 0.374. The van der Waals surface area contributed by atoms with Crippen LogP contribution in [0.3, 0.4) is 0 Å². The van der Waals surface area contributed by atoms with E-state index in [0.717, 1.165) is 31.7 Å². The fraction of sp³-hybridized carbons (Fsp3) is 0.571. The van der Waals surface area contributed by atoms with Gasteiger partial charge in [0.15, 0.2) is 0 Å². The molecule has 1 saturated heterocycles. The first-order chi connectivity index (χ1) is 9.08. The van der Waals surface area contributed by atoms with E-state index >= 15 is 0 Å². The lowest BCUT2D eigenvalue weighted by molar-refractivity contribution is -0.130. The molecule has 0 aromatic heterocycles. The lowest BCUT2D eigenvalue weighted by atomic mass is 9.74. The molecule has 1 unspecified atom stereocenters. The highest BCUT2D eigenvalue weighted by atomic mass is 79.9. The Balaban J connectivity index is 1.72. The zero-order valence-electron chi connectivity index (χ0n) is 10.5. The van der Waals surface area contributed by atoms with Gasteiger partial charge in [-0.2, -0.15) is 0 Å². The first kappa shape index (κ1) is 13.3. The number of hydrogen-bond donors (Lipinski definition) is 1. The van der Waals surface area contributed by atoms with Gasteiger partial charge >= 0.3 is 0 Å². The van der Waals surface area contributed by atoms with E-state index < -0.39 is 11.6 Å². The molecule has 1 aliphatic carbocycles. The number of rotatable bonds is 2. The number of hydrogen-bond acceptors (Lipinski definition) is 2. The van der Waals surface area contributed by atoms with Crippen molar-refractivity contribution in [1.29, 1.82) is 0 Å². The van der Waals surface area contributed by atoms with Gasteiger partial charge < -0.3 is 10.1 Å². The van der Waals surface area contributed by atoms with Gasteiger partial charge in [0.25, 0.3) is 0 Å². The van der Waals surface area contributed by atoms with E-state index in [1.54, 1.807) is 0 Å². The second kappa shape index (κ2) is 5.02. The third-order valence-electron chi connectivity index (χ3n) is 4.13. The van der Waals surface area contributed by atoms with Crippen molar-refractivity contribution < 1.29 is 13.5 Å². The summed E-state index contributed by atoms with van der Waals surface area (Å²) in [6, 6.07) is 2.57. The Bertz CT molecular complexity index is 491. The number of anilines is 1. The summed E-state index contributed by atoms with van der Waals surface area (Å²) in [5.74, 6) is -1.12. The average Bonchev–Trinajstić information content (AvgIpc) is 2.34. The van der Waals surface area contributed by atoms with E-state index in [4.69, 9.17) is 4.74 Å². The van der Waals surface area contributed by atoms with E-state index in [1.807, 2.05) is 0 Å². The number of ether oxygens (including phenoxy) is 1. The van der Waals surface area contributed by atoms with Crippen LogP contribution in [0.5, 0.6) is 0 Å². The van der Waals surface area contributed by atoms with Crippen LogP contribution in [0.2, 0.25) is 0 Å². The quantitative estimate of drug-likeness (QED) is 0.818. The van der Waals surface area contributed by atoms with E-state index in [-0.39, 0.29) is 16.1 Å². The minimum Gasteiger partial charge on any atom is -0.380 e. The normalized spacial score (nSPS) is 25.1. The smallest absolute Gasteiger partial charge is 0.149 e. The zero-order valence-corrected chi connectivity index (χ0v) is 12.1. The lowest BCUT2D eigenvalue weighted by Crippen LogP contribution is -2.49. The number of benzene rings is 1. The Morgan fingerprint density at radius 2 is 2.05 bits per heavy atom. The van der Waals surface area contributed by atoms with Gasteiger partial charge in [-0.05, 0) is 54.1 Å². The summed E-state index contributed by atoms with van der Waals surface area (Å²) in [4.78, 5) is 0. The summed E-state index contributed by atoms with van der Waals surface area (Å²) >= 11 is 3.09. The van der Waals surface area contributed by atoms with Gasteiger partial charge in [0, 0.05) is 18.7 Å². The monoisotopic (exact) mass is 331 g/mol. The van der Waals surface area contributed by atoms with Gasteiger partial charge in [-0.3, -0.25) is 0 Å². The summed E-state index contributed by atoms with van der Waals surface area (Å²) < 4.78 is 33.0. The molecule has 2 fully saturated rings. The first-order valence-corrected chi connectivity index (χ1v) is 7.42. The van der Waals surface area contributed by atoms with Crippen LogP contribution < -0.4 is 5.32 Å². The predicted octanol–water partition coefficient (Wildman–Crippen LogP) is 4.24. The molecule has 0 amide bonds. The molecule has 3 rings (SSSR count). The molecular weight excluding hydrogens is 316 g/mol. The molecule has 0 bridgehead atoms. The Labute approximate surface area is 119 Å². The predicted molar refractivity (Wildman–Crippen MR) is 73.2 cm³/mol. The van der Waals surface area contributed by atoms with Crippen molar-refractivity contribution >= 4 is 21.6 Å². The number of nitrogens with one attached hydrogen (secondary N) is 1. The van der Waals surface area contributed by atoms with Crippen molar-refractivity contribution in [3.8, 4) is 0 Å². The maximum absolute atomic E-state index is 13.7. The lowest BCUT2D eigenvalue weighted by Gasteiger charge is -2.47. The van der Waals surface area contributed by atoms with E-state index in [1.165, 1.54) is 12.5 Å². The van der Waals surface area contributed by atoms with Crippen LogP contribution in [-0.4, -0.2) is 18.2 Å². The Hall–Kier alpha value is -0.680. The molecule has 104 valence electrons. The van der Waals surface area contributed by atoms with E-state index in [0.29, 0.717) is 12.3 Å². The molecule has 5 heteroatoms. The summed E-state index contributed by atoms with van der Waals surface area (Å²) in [5, 5.41) is 3.19. The summed E-state index contributed by atoms with van der Waals surface area (Å²) in [7, 11) is 0. The van der Waals surface area contributed by atoms with Crippen molar-refractivity contribution in [2.45, 2.75) is 43.7 Å². The van der Waals surface area contributed by atoms with E-state index in [9.17, 15) is 8.78 Å². The van der Waals surface area contributed by atoms with Crippen LogP contribution in [0.25, 0.3) is 0 Å². The maximum atomic E-state index is 13.7. The maximum Gasteiger partial charge on any atom is 0.149 e. The average molecular weight is 332 g/mol. The SMILES string of the molecule is Fc1cc(F)c(NC2CCOC3(CCC3)C2)cc1Br. The van der Waals surface area contributed by atoms with Crippen molar-refractivity contribution in [2.24, 2.45) is 0 Å². The fourth-order valence-electron chi connectivity index (χ4n) is 2.92. The zero-order chi connectivity index (χ0) is 13.5. The minimum atomic E-state index is -0.578. The molecule has 1 aromatic rings. The van der Waals surface area contributed by atoms with Gasteiger partial charge in [-0.15, -0.1) is 0 Å². The molecule has 1 N–H and O–H groups in total. The van der Waals surface area contributed by atoms with Gasteiger partial charge in [0.05, 0.1) is 15.8 Å². The third kappa shape index (κ3) is 2.63. The Morgan fingerprint density at radius 1 is 1.26 bits per heavy atom. The summed E-state index contributed by atoms with van der Waals surface area (Å²) in [6.07, 6.45) is 5.17. The van der Waals surface area contributed by atoms with Crippen molar-refractivity contribution in [3.63, 3.8) is 0 Å². The van der Waals surface area contributed by atoms with Crippen LogP contribution in [0, 0.1) is 11.6 Å². The topological polar surface area (TPSA) is 21.3 Å². The third-order valence-corrected chi connectivity index (χ3v) is 4.74. The van der Waals surface area contributed by atoms with Crippen molar-refractivity contribution in [2.75, 3.05) is 11.9 Å². The van der Waals surface area contributed by atoms with Crippen LogP contribution >= 0.6 is 15.9 Å². The van der Waals surface area contributed by atoms with Crippen LogP contribution in [-0.2, 0) is 4.74 Å².